The highest BCUT2D eigenvalue weighted by Gasteiger charge is 2.33. The average molecular weight is 291 g/mol. The summed E-state index contributed by atoms with van der Waals surface area (Å²) < 4.78 is 0. The molecule has 1 rings (SSSR count). The van der Waals surface area contributed by atoms with Crippen LogP contribution in [-0.2, 0) is 15.1 Å². The van der Waals surface area contributed by atoms with Gasteiger partial charge in [0.25, 0.3) is 0 Å². The van der Waals surface area contributed by atoms with Gasteiger partial charge >= 0.3 is 0 Å². The van der Waals surface area contributed by atoms with Crippen molar-refractivity contribution in [2.24, 2.45) is 11.7 Å². The average Bonchev–Trinajstić information content (AvgIpc) is 2.46. The summed E-state index contributed by atoms with van der Waals surface area (Å²) in [5.74, 6) is -0.280. The highest BCUT2D eigenvalue weighted by molar-refractivity contribution is 5.92. The predicted molar refractivity (Wildman–Crippen MR) is 83.4 cm³/mol. The minimum absolute atomic E-state index is 0.207. The molecule has 2 unspecified atom stereocenters. The van der Waals surface area contributed by atoms with Crippen molar-refractivity contribution in [2.45, 2.75) is 38.8 Å². The first-order valence-electron chi connectivity index (χ1n) is 7.16. The van der Waals surface area contributed by atoms with Crippen molar-refractivity contribution in [1.29, 1.82) is 0 Å². The maximum Gasteiger partial charge on any atom is 0.245 e. The fourth-order valence-corrected chi connectivity index (χ4v) is 2.10. The van der Waals surface area contributed by atoms with Gasteiger partial charge in [0.1, 0.15) is 11.6 Å². The van der Waals surface area contributed by atoms with E-state index in [2.05, 4.69) is 10.6 Å². The van der Waals surface area contributed by atoms with E-state index in [1.807, 2.05) is 32.0 Å². The standard InChI is InChI=1S/C16H25N3O2/c1-11(2)10-13(14(20)18-4)19-15(21)16(3,17)12-8-6-5-7-9-12/h5-9,11,13H,10,17H2,1-4H3,(H,18,20)(H,19,21). The number of likely N-dealkylation sites (N-methyl/N-ethyl adjacent to an activating group) is 1. The minimum Gasteiger partial charge on any atom is -0.357 e. The Balaban J connectivity index is 2.88. The van der Waals surface area contributed by atoms with Crippen molar-refractivity contribution in [1.82, 2.24) is 10.6 Å². The molecule has 0 aliphatic heterocycles. The summed E-state index contributed by atoms with van der Waals surface area (Å²) in [4.78, 5) is 24.3. The summed E-state index contributed by atoms with van der Waals surface area (Å²) in [6, 6.07) is 8.56. The van der Waals surface area contributed by atoms with Gasteiger partial charge in [-0.05, 0) is 24.8 Å². The number of nitrogens with two attached hydrogens (primary N) is 1. The molecular formula is C16H25N3O2. The molecule has 4 N–H and O–H groups in total. The van der Waals surface area contributed by atoms with Crippen LogP contribution in [0.25, 0.3) is 0 Å². The number of amides is 2. The van der Waals surface area contributed by atoms with Gasteiger partial charge in [-0.1, -0.05) is 44.2 Å². The first-order chi connectivity index (χ1) is 9.78. The van der Waals surface area contributed by atoms with Crippen LogP contribution in [0, 0.1) is 5.92 Å². The molecule has 5 nitrogen and oxygen atoms in total. The van der Waals surface area contributed by atoms with E-state index < -0.39 is 11.6 Å². The van der Waals surface area contributed by atoms with Gasteiger partial charge in [0.15, 0.2) is 0 Å². The van der Waals surface area contributed by atoms with Gasteiger partial charge in [-0.15, -0.1) is 0 Å². The fourth-order valence-electron chi connectivity index (χ4n) is 2.10. The monoisotopic (exact) mass is 291 g/mol. The Morgan fingerprint density at radius 3 is 2.29 bits per heavy atom. The number of carbonyl (C=O) groups is 2. The molecule has 116 valence electrons. The van der Waals surface area contributed by atoms with Crippen LogP contribution >= 0.6 is 0 Å². The van der Waals surface area contributed by atoms with Crippen molar-refractivity contribution >= 4 is 11.8 Å². The van der Waals surface area contributed by atoms with Gasteiger partial charge < -0.3 is 16.4 Å². The van der Waals surface area contributed by atoms with Gasteiger partial charge in [-0.25, -0.2) is 0 Å². The Morgan fingerprint density at radius 2 is 1.81 bits per heavy atom. The molecule has 0 fully saturated rings. The van der Waals surface area contributed by atoms with Crippen LogP contribution < -0.4 is 16.4 Å². The van der Waals surface area contributed by atoms with Crippen molar-refractivity contribution in [3.63, 3.8) is 0 Å². The van der Waals surface area contributed by atoms with Crippen molar-refractivity contribution in [3.8, 4) is 0 Å². The molecule has 2 atom stereocenters. The fraction of sp³-hybridized carbons (Fsp3) is 0.500. The lowest BCUT2D eigenvalue weighted by Gasteiger charge is -2.27. The summed E-state index contributed by atoms with van der Waals surface area (Å²) in [5.41, 5.74) is 5.69. The summed E-state index contributed by atoms with van der Waals surface area (Å²) in [7, 11) is 1.56. The molecule has 2 amide bonds. The third-order valence-corrected chi connectivity index (χ3v) is 3.42. The lowest BCUT2D eigenvalue weighted by atomic mass is 9.91. The first-order valence-corrected chi connectivity index (χ1v) is 7.16. The molecule has 0 aliphatic carbocycles. The molecule has 5 heteroatoms. The third kappa shape index (κ3) is 4.56. The SMILES string of the molecule is CNC(=O)C(CC(C)C)NC(=O)C(C)(N)c1ccccc1. The second-order valence-corrected chi connectivity index (χ2v) is 5.84. The Hall–Kier alpha value is -1.88. The van der Waals surface area contributed by atoms with Gasteiger partial charge in [-0.3, -0.25) is 9.59 Å². The molecule has 0 heterocycles. The minimum atomic E-state index is -1.18. The van der Waals surface area contributed by atoms with E-state index in [0.717, 1.165) is 0 Å². The maximum absolute atomic E-state index is 12.5. The van der Waals surface area contributed by atoms with E-state index >= 15 is 0 Å². The van der Waals surface area contributed by atoms with Crippen LogP contribution in [0.3, 0.4) is 0 Å². The number of carbonyl (C=O) groups excluding carboxylic acids is 2. The summed E-state index contributed by atoms with van der Waals surface area (Å²) in [5, 5.41) is 5.33. The number of hydrogen-bond acceptors (Lipinski definition) is 3. The topological polar surface area (TPSA) is 84.2 Å². The summed E-state index contributed by atoms with van der Waals surface area (Å²) >= 11 is 0. The van der Waals surface area contributed by atoms with Crippen LogP contribution in [0.5, 0.6) is 0 Å². The quantitative estimate of drug-likeness (QED) is 0.735. The molecule has 0 bridgehead atoms. The Bertz CT molecular complexity index is 484. The third-order valence-electron chi connectivity index (χ3n) is 3.42. The molecule has 1 aromatic carbocycles. The van der Waals surface area contributed by atoms with Crippen LogP contribution in [0.4, 0.5) is 0 Å². The van der Waals surface area contributed by atoms with Crippen molar-refractivity contribution in [2.75, 3.05) is 7.05 Å². The molecule has 0 saturated heterocycles. The zero-order chi connectivity index (χ0) is 16.0. The number of hydrogen-bond donors (Lipinski definition) is 3. The summed E-state index contributed by atoms with van der Waals surface area (Å²) in [6.45, 7) is 5.65. The molecule has 0 aliphatic rings. The van der Waals surface area contributed by atoms with Crippen LogP contribution in [0.1, 0.15) is 32.8 Å². The Kier molecular flexibility index (Phi) is 5.90. The molecule has 0 spiro atoms. The number of benzene rings is 1. The Morgan fingerprint density at radius 1 is 1.24 bits per heavy atom. The molecule has 21 heavy (non-hydrogen) atoms. The van der Waals surface area contributed by atoms with Gasteiger partial charge in [0.05, 0.1) is 0 Å². The van der Waals surface area contributed by atoms with Crippen LogP contribution in [-0.4, -0.2) is 24.9 Å². The normalized spacial score (nSPS) is 15.1. The zero-order valence-corrected chi connectivity index (χ0v) is 13.1. The van der Waals surface area contributed by atoms with E-state index in [-0.39, 0.29) is 17.7 Å². The molecular weight excluding hydrogens is 266 g/mol. The highest BCUT2D eigenvalue weighted by atomic mass is 16.2. The number of nitrogens with one attached hydrogen (secondary N) is 2. The smallest absolute Gasteiger partial charge is 0.245 e. The van der Waals surface area contributed by atoms with Crippen LogP contribution in [0.15, 0.2) is 30.3 Å². The summed E-state index contributed by atoms with van der Waals surface area (Å²) in [6.07, 6.45) is 0.566. The second-order valence-electron chi connectivity index (χ2n) is 5.84. The van der Waals surface area contributed by atoms with E-state index in [1.165, 1.54) is 0 Å². The molecule has 0 radical (unpaired) electrons. The lowest BCUT2D eigenvalue weighted by Crippen LogP contribution is -2.55. The van der Waals surface area contributed by atoms with Crippen molar-refractivity contribution in [3.05, 3.63) is 35.9 Å². The largest absolute Gasteiger partial charge is 0.357 e. The first kappa shape index (κ1) is 17.2. The number of rotatable bonds is 6. The molecule has 0 saturated carbocycles. The zero-order valence-electron chi connectivity index (χ0n) is 13.1. The molecule has 0 aromatic heterocycles. The second kappa shape index (κ2) is 7.22. The van der Waals surface area contributed by atoms with E-state index in [4.69, 9.17) is 5.73 Å². The molecule has 1 aromatic rings. The van der Waals surface area contributed by atoms with E-state index in [9.17, 15) is 9.59 Å². The maximum atomic E-state index is 12.5. The van der Waals surface area contributed by atoms with E-state index in [1.54, 1.807) is 26.1 Å². The van der Waals surface area contributed by atoms with Gasteiger partial charge in [-0.2, -0.15) is 0 Å². The van der Waals surface area contributed by atoms with Crippen LogP contribution in [0.2, 0.25) is 0 Å². The highest BCUT2D eigenvalue weighted by Crippen LogP contribution is 2.18. The Labute approximate surface area is 126 Å². The van der Waals surface area contributed by atoms with Gasteiger partial charge in [0.2, 0.25) is 11.8 Å². The lowest BCUT2D eigenvalue weighted by molar-refractivity contribution is -0.132. The van der Waals surface area contributed by atoms with E-state index in [0.29, 0.717) is 12.0 Å². The van der Waals surface area contributed by atoms with Gasteiger partial charge in [0, 0.05) is 7.05 Å². The predicted octanol–water partition coefficient (Wildman–Crippen LogP) is 1.14. The van der Waals surface area contributed by atoms with Crippen molar-refractivity contribution < 1.29 is 9.59 Å².